The van der Waals surface area contributed by atoms with Crippen molar-refractivity contribution in [1.29, 1.82) is 0 Å². The Morgan fingerprint density at radius 2 is 2.22 bits per heavy atom. The summed E-state index contributed by atoms with van der Waals surface area (Å²) < 4.78 is 0. The molecule has 1 aromatic heterocycles. The Labute approximate surface area is 112 Å². The summed E-state index contributed by atoms with van der Waals surface area (Å²) in [5.41, 5.74) is 0. The van der Waals surface area contributed by atoms with Crippen molar-refractivity contribution in [3.63, 3.8) is 0 Å². The molecule has 1 amide bonds. The fourth-order valence-corrected chi connectivity index (χ4v) is 3.18. The van der Waals surface area contributed by atoms with Crippen LogP contribution >= 0.6 is 11.3 Å². The van der Waals surface area contributed by atoms with E-state index < -0.39 is 0 Å². The number of amides is 1. The molecule has 1 N–H and O–H groups in total. The van der Waals surface area contributed by atoms with Crippen LogP contribution in [0.25, 0.3) is 0 Å². The van der Waals surface area contributed by atoms with E-state index in [1.54, 1.807) is 11.3 Å². The molecule has 2 heterocycles. The molecule has 0 spiro atoms. The van der Waals surface area contributed by atoms with Gasteiger partial charge in [0.2, 0.25) is 5.91 Å². The van der Waals surface area contributed by atoms with Crippen LogP contribution < -0.4 is 5.32 Å². The number of carbonyl (C=O) groups is 1. The first-order valence-corrected chi connectivity index (χ1v) is 7.29. The highest BCUT2D eigenvalue weighted by Gasteiger charge is 2.35. The number of rotatable bonds is 4. The van der Waals surface area contributed by atoms with E-state index in [9.17, 15) is 4.79 Å². The van der Waals surface area contributed by atoms with E-state index in [1.165, 1.54) is 4.88 Å². The number of likely N-dealkylation sites (tertiary alicyclic amines) is 1. The van der Waals surface area contributed by atoms with Gasteiger partial charge in [0.15, 0.2) is 0 Å². The number of hydrogen-bond donors (Lipinski definition) is 1. The van der Waals surface area contributed by atoms with Crippen LogP contribution in [0.3, 0.4) is 0 Å². The zero-order valence-corrected chi connectivity index (χ0v) is 12.3. The van der Waals surface area contributed by atoms with Gasteiger partial charge in [0.25, 0.3) is 0 Å². The van der Waals surface area contributed by atoms with Crippen LogP contribution in [0.4, 0.5) is 0 Å². The second kappa shape index (κ2) is 5.36. The van der Waals surface area contributed by atoms with Crippen molar-refractivity contribution >= 4 is 17.2 Å². The molecule has 4 nitrogen and oxygen atoms in total. The van der Waals surface area contributed by atoms with Gasteiger partial charge in [0, 0.05) is 23.7 Å². The lowest BCUT2D eigenvalue weighted by Gasteiger charge is -2.23. The molecule has 0 bridgehead atoms. The molecule has 0 aromatic carbocycles. The second-order valence-electron chi connectivity index (χ2n) is 5.18. The monoisotopic (exact) mass is 267 g/mol. The topological polar surface area (TPSA) is 45.2 Å². The van der Waals surface area contributed by atoms with Crippen molar-refractivity contribution in [1.82, 2.24) is 15.2 Å². The van der Waals surface area contributed by atoms with Crippen molar-refractivity contribution in [3.05, 3.63) is 16.1 Å². The summed E-state index contributed by atoms with van der Waals surface area (Å²) in [4.78, 5) is 19.8. The average molecular weight is 267 g/mol. The molecule has 0 saturated carbocycles. The summed E-state index contributed by atoms with van der Waals surface area (Å²) in [5, 5.41) is 4.36. The Kier molecular flexibility index (Phi) is 4.02. The summed E-state index contributed by atoms with van der Waals surface area (Å²) in [5.74, 6) is 0.212. The third-order valence-electron chi connectivity index (χ3n) is 3.24. The maximum absolute atomic E-state index is 12.3. The molecule has 2 unspecified atom stereocenters. The molecule has 0 radical (unpaired) electrons. The second-order valence-corrected chi connectivity index (χ2v) is 6.45. The zero-order chi connectivity index (χ0) is 13.3. The van der Waals surface area contributed by atoms with E-state index in [-0.39, 0.29) is 18.0 Å². The molecule has 18 heavy (non-hydrogen) atoms. The lowest BCUT2D eigenvalue weighted by Crippen LogP contribution is -2.42. The minimum atomic E-state index is -0.0199. The van der Waals surface area contributed by atoms with Gasteiger partial charge in [-0.2, -0.15) is 0 Å². The summed E-state index contributed by atoms with van der Waals surface area (Å²) >= 11 is 1.67. The van der Waals surface area contributed by atoms with E-state index in [1.807, 2.05) is 18.0 Å². The van der Waals surface area contributed by atoms with Crippen LogP contribution in [0.5, 0.6) is 0 Å². The van der Waals surface area contributed by atoms with Gasteiger partial charge in [-0.3, -0.25) is 4.79 Å². The molecule has 1 aliphatic heterocycles. The van der Waals surface area contributed by atoms with Crippen molar-refractivity contribution < 1.29 is 4.79 Å². The number of carbonyl (C=O) groups excluding carboxylic acids is 1. The third kappa shape index (κ3) is 2.72. The Bertz CT molecular complexity index is 430. The largest absolute Gasteiger partial charge is 0.332 e. The lowest BCUT2D eigenvalue weighted by atomic mass is 10.2. The summed E-state index contributed by atoms with van der Waals surface area (Å²) in [6.07, 6.45) is 2.77. The molecule has 0 aliphatic carbocycles. The smallest absolute Gasteiger partial charge is 0.240 e. The van der Waals surface area contributed by atoms with Gasteiger partial charge in [-0.25, -0.2) is 4.98 Å². The van der Waals surface area contributed by atoms with Gasteiger partial charge in [-0.1, -0.05) is 13.8 Å². The van der Waals surface area contributed by atoms with Crippen molar-refractivity contribution in [2.75, 3.05) is 6.54 Å². The summed E-state index contributed by atoms with van der Waals surface area (Å²) in [6, 6.07) is 0.417. The third-order valence-corrected chi connectivity index (χ3v) is 4.32. The van der Waals surface area contributed by atoms with Crippen LogP contribution in [0, 0.1) is 6.92 Å². The molecule has 2 rings (SSSR count). The summed E-state index contributed by atoms with van der Waals surface area (Å²) in [6.45, 7) is 9.08. The zero-order valence-electron chi connectivity index (χ0n) is 11.4. The van der Waals surface area contributed by atoms with E-state index >= 15 is 0 Å². The first-order valence-electron chi connectivity index (χ1n) is 6.48. The van der Waals surface area contributed by atoms with Gasteiger partial charge >= 0.3 is 0 Å². The predicted octanol–water partition coefficient (Wildman–Crippen LogP) is 2.11. The normalized spacial score (nSPS) is 21.9. The first kappa shape index (κ1) is 13.5. The van der Waals surface area contributed by atoms with Crippen LogP contribution in [0.15, 0.2) is 6.20 Å². The standard InChI is InChI=1S/C13H21N3OS/c1-8(2)15-11-5-6-16(13(11)17)10(4)12-14-7-9(3)18-12/h7-8,10-11,15H,5-6H2,1-4H3. The highest BCUT2D eigenvalue weighted by molar-refractivity contribution is 7.11. The van der Waals surface area contributed by atoms with Gasteiger partial charge in [0.1, 0.15) is 5.01 Å². The van der Waals surface area contributed by atoms with E-state index in [4.69, 9.17) is 0 Å². The van der Waals surface area contributed by atoms with E-state index in [2.05, 4.69) is 31.1 Å². The Balaban J connectivity index is 2.04. The maximum Gasteiger partial charge on any atom is 0.240 e. The van der Waals surface area contributed by atoms with Crippen LogP contribution in [-0.4, -0.2) is 34.4 Å². The Hall–Kier alpha value is -0.940. The molecule has 100 valence electrons. The number of nitrogens with one attached hydrogen (secondary N) is 1. The fourth-order valence-electron chi connectivity index (χ4n) is 2.34. The molecule has 5 heteroatoms. The molecular weight excluding hydrogens is 246 g/mol. The van der Waals surface area contributed by atoms with Crippen molar-refractivity contribution in [2.24, 2.45) is 0 Å². The predicted molar refractivity (Wildman–Crippen MR) is 73.7 cm³/mol. The minimum Gasteiger partial charge on any atom is -0.332 e. The SMILES string of the molecule is Cc1cnc(C(C)N2CCC(NC(C)C)C2=O)s1. The number of aromatic nitrogens is 1. The molecule has 2 atom stereocenters. The van der Waals surface area contributed by atoms with Gasteiger partial charge < -0.3 is 10.2 Å². The molecule has 1 saturated heterocycles. The van der Waals surface area contributed by atoms with Crippen LogP contribution in [0.2, 0.25) is 0 Å². The van der Waals surface area contributed by atoms with Crippen LogP contribution in [-0.2, 0) is 4.79 Å². The maximum atomic E-state index is 12.3. The fraction of sp³-hybridized carbons (Fsp3) is 0.692. The van der Waals surface area contributed by atoms with Crippen molar-refractivity contribution in [3.8, 4) is 0 Å². The minimum absolute atomic E-state index is 0.0199. The molecular formula is C13H21N3OS. The van der Waals surface area contributed by atoms with Crippen molar-refractivity contribution in [2.45, 2.75) is 52.2 Å². The summed E-state index contributed by atoms with van der Waals surface area (Å²) in [7, 11) is 0. The number of nitrogens with zero attached hydrogens (tertiary/aromatic N) is 2. The quantitative estimate of drug-likeness (QED) is 0.909. The van der Waals surface area contributed by atoms with E-state index in [0.29, 0.717) is 6.04 Å². The van der Waals surface area contributed by atoms with Gasteiger partial charge in [-0.05, 0) is 20.3 Å². The van der Waals surface area contributed by atoms with Crippen LogP contribution in [0.1, 0.15) is 43.1 Å². The molecule has 1 aromatic rings. The van der Waals surface area contributed by atoms with E-state index in [0.717, 1.165) is 18.0 Å². The highest BCUT2D eigenvalue weighted by Crippen LogP contribution is 2.28. The number of thiazole rings is 1. The molecule has 1 fully saturated rings. The first-order chi connectivity index (χ1) is 8.49. The Morgan fingerprint density at radius 3 is 2.78 bits per heavy atom. The lowest BCUT2D eigenvalue weighted by molar-refractivity contribution is -0.131. The van der Waals surface area contributed by atoms with Gasteiger partial charge in [-0.15, -0.1) is 11.3 Å². The Morgan fingerprint density at radius 1 is 1.50 bits per heavy atom. The highest BCUT2D eigenvalue weighted by atomic mass is 32.1. The number of aryl methyl sites for hydroxylation is 1. The average Bonchev–Trinajstić information content (AvgIpc) is 2.86. The molecule has 1 aliphatic rings. The number of hydrogen-bond acceptors (Lipinski definition) is 4. The van der Waals surface area contributed by atoms with Gasteiger partial charge in [0.05, 0.1) is 12.1 Å².